The molecule has 2 amide bonds. The maximum atomic E-state index is 11.9. The van der Waals surface area contributed by atoms with Crippen LogP contribution in [-0.4, -0.2) is 42.8 Å². The molecule has 2 rings (SSSR count). The van der Waals surface area contributed by atoms with Crippen LogP contribution in [0.25, 0.3) is 0 Å². The first-order chi connectivity index (χ1) is 11.7. The van der Waals surface area contributed by atoms with E-state index in [1.165, 1.54) is 0 Å². The zero-order chi connectivity index (χ0) is 18.6. The van der Waals surface area contributed by atoms with Gasteiger partial charge >= 0.3 is 7.12 Å². The molecule has 0 saturated heterocycles. The number of fused-ring (bicyclic) bond motifs is 1. The van der Waals surface area contributed by atoms with Crippen molar-refractivity contribution in [3.8, 4) is 0 Å². The highest BCUT2D eigenvalue weighted by molar-refractivity contribution is 6.62. The van der Waals surface area contributed by atoms with E-state index in [-0.39, 0.29) is 19.4 Å². The summed E-state index contributed by atoms with van der Waals surface area (Å²) >= 11 is 0. The highest BCUT2D eigenvalue weighted by Crippen LogP contribution is 2.30. The summed E-state index contributed by atoms with van der Waals surface area (Å²) in [6.45, 7) is 3.46. The van der Waals surface area contributed by atoms with Gasteiger partial charge in [-0.2, -0.15) is 0 Å². The Labute approximate surface area is 146 Å². The van der Waals surface area contributed by atoms with E-state index < -0.39 is 30.6 Å². The number of amides is 2. The number of hydrogen-bond acceptors (Lipinski definition) is 6. The molecule has 1 atom stereocenters. The molecule has 1 heterocycles. The molecule has 1 unspecified atom stereocenters. The normalized spacial score (nSPS) is 16.1. The first kappa shape index (κ1) is 19.1. The number of rotatable bonds is 7. The SMILES string of the molecule is CC1(C)OB(O)c2cc(NC(=O)CNC(=O)C(N)CCC=O)ccc21. The Balaban J connectivity index is 1.90. The van der Waals surface area contributed by atoms with Gasteiger partial charge in [0.2, 0.25) is 11.8 Å². The summed E-state index contributed by atoms with van der Waals surface area (Å²) in [6.07, 6.45) is 1.11. The third kappa shape index (κ3) is 4.65. The second-order valence-electron chi connectivity index (χ2n) is 6.40. The van der Waals surface area contributed by atoms with Gasteiger partial charge in [-0.1, -0.05) is 6.07 Å². The Bertz CT molecular complexity index is 680. The van der Waals surface area contributed by atoms with E-state index in [0.29, 0.717) is 17.4 Å². The summed E-state index contributed by atoms with van der Waals surface area (Å²) in [5.41, 5.74) is 6.95. The van der Waals surface area contributed by atoms with Crippen LogP contribution in [0, 0.1) is 0 Å². The molecule has 8 nitrogen and oxygen atoms in total. The van der Waals surface area contributed by atoms with Crippen molar-refractivity contribution in [2.24, 2.45) is 5.73 Å². The molecule has 25 heavy (non-hydrogen) atoms. The zero-order valence-electron chi connectivity index (χ0n) is 14.2. The fraction of sp³-hybridized carbons (Fsp3) is 0.438. The highest BCUT2D eigenvalue weighted by Gasteiger charge is 2.40. The molecule has 0 spiro atoms. The van der Waals surface area contributed by atoms with Gasteiger partial charge in [0, 0.05) is 12.1 Å². The molecule has 5 N–H and O–H groups in total. The zero-order valence-corrected chi connectivity index (χ0v) is 14.2. The molecule has 9 heteroatoms. The van der Waals surface area contributed by atoms with Crippen molar-refractivity contribution in [3.63, 3.8) is 0 Å². The van der Waals surface area contributed by atoms with Crippen LogP contribution in [0.2, 0.25) is 0 Å². The largest absolute Gasteiger partial charge is 0.492 e. The predicted octanol–water partition coefficient (Wildman–Crippen LogP) is -0.999. The quantitative estimate of drug-likeness (QED) is 0.370. The average molecular weight is 347 g/mol. The second kappa shape index (κ2) is 7.77. The van der Waals surface area contributed by atoms with Gasteiger partial charge in [-0.05, 0) is 43.4 Å². The molecule has 134 valence electrons. The number of hydrogen-bond donors (Lipinski definition) is 4. The number of carbonyl (C=O) groups is 3. The summed E-state index contributed by atoms with van der Waals surface area (Å²) in [5.74, 6) is -0.917. The van der Waals surface area contributed by atoms with Crippen molar-refractivity contribution in [1.82, 2.24) is 5.32 Å². The van der Waals surface area contributed by atoms with Crippen molar-refractivity contribution in [2.45, 2.75) is 38.3 Å². The van der Waals surface area contributed by atoms with Gasteiger partial charge in [0.1, 0.15) is 6.29 Å². The monoisotopic (exact) mass is 347 g/mol. The lowest BCUT2D eigenvalue weighted by Gasteiger charge is -2.19. The van der Waals surface area contributed by atoms with E-state index in [0.717, 1.165) is 5.56 Å². The smallest absolute Gasteiger partial charge is 0.423 e. The third-order valence-electron chi connectivity index (χ3n) is 4.01. The maximum absolute atomic E-state index is 11.9. The van der Waals surface area contributed by atoms with E-state index in [9.17, 15) is 19.4 Å². The number of benzene rings is 1. The lowest BCUT2D eigenvalue weighted by Crippen LogP contribution is -2.43. The first-order valence-electron chi connectivity index (χ1n) is 8.01. The van der Waals surface area contributed by atoms with Gasteiger partial charge in [0.05, 0.1) is 18.2 Å². The van der Waals surface area contributed by atoms with E-state index >= 15 is 0 Å². The van der Waals surface area contributed by atoms with Crippen LogP contribution < -0.4 is 21.8 Å². The van der Waals surface area contributed by atoms with Gasteiger partial charge in [0.15, 0.2) is 0 Å². The molecule has 0 aromatic heterocycles. The molecule has 1 aromatic carbocycles. The molecule has 0 aliphatic carbocycles. The average Bonchev–Trinajstić information content (AvgIpc) is 2.79. The second-order valence-corrected chi connectivity index (χ2v) is 6.40. The third-order valence-corrected chi connectivity index (χ3v) is 4.01. The van der Waals surface area contributed by atoms with Crippen LogP contribution in [0.5, 0.6) is 0 Å². The Morgan fingerprint density at radius 3 is 2.84 bits per heavy atom. The molecule has 1 aromatic rings. The van der Waals surface area contributed by atoms with Crippen molar-refractivity contribution >= 4 is 36.4 Å². The number of anilines is 1. The summed E-state index contributed by atoms with van der Waals surface area (Å²) < 4.78 is 5.46. The fourth-order valence-corrected chi connectivity index (χ4v) is 2.68. The lowest BCUT2D eigenvalue weighted by molar-refractivity contribution is -0.125. The Kier molecular flexibility index (Phi) is 5.94. The summed E-state index contributed by atoms with van der Waals surface area (Å²) in [6, 6.07) is 4.31. The fourth-order valence-electron chi connectivity index (χ4n) is 2.68. The van der Waals surface area contributed by atoms with E-state index in [1.807, 2.05) is 13.8 Å². The number of nitrogens with two attached hydrogens (primary N) is 1. The molecule has 1 aliphatic heterocycles. The molecule has 0 saturated carbocycles. The molecular weight excluding hydrogens is 325 g/mol. The minimum atomic E-state index is -1.04. The Morgan fingerprint density at radius 1 is 1.44 bits per heavy atom. The van der Waals surface area contributed by atoms with Crippen molar-refractivity contribution in [2.75, 3.05) is 11.9 Å². The predicted molar refractivity (Wildman–Crippen MR) is 93.1 cm³/mol. The van der Waals surface area contributed by atoms with Crippen LogP contribution in [0.4, 0.5) is 5.69 Å². The standard InChI is InChI=1S/C16H22BN3O5/c1-16(2)11-6-5-10(8-12(11)17(24)25-16)20-14(22)9-19-15(23)13(18)4-3-7-21/h5-8,13,24H,3-4,9,18H2,1-2H3,(H,19,23)(H,20,22). The number of nitrogens with one attached hydrogen (secondary N) is 2. The van der Waals surface area contributed by atoms with Gasteiger partial charge < -0.3 is 30.8 Å². The van der Waals surface area contributed by atoms with Gasteiger partial charge in [-0.15, -0.1) is 0 Å². The molecule has 0 bridgehead atoms. The van der Waals surface area contributed by atoms with Gasteiger partial charge in [0.25, 0.3) is 0 Å². The van der Waals surface area contributed by atoms with Crippen molar-refractivity contribution in [1.29, 1.82) is 0 Å². The van der Waals surface area contributed by atoms with Crippen molar-refractivity contribution < 1.29 is 24.1 Å². The van der Waals surface area contributed by atoms with E-state index in [4.69, 9.17) is 10.4 Å². The first-order valence-corrected chi connectivity index (χ1v) is 8.01. The van der Waals surface area contributed by atoms with Crippen LogP contribution in [0.1, 0.15) is 32.3 Å². The van der Waals surface area contributed by atoms with Crippen LogP contribution >= 0.6 is 0 Å². The lowest BCUT2D eigenvalue weighted by atomic mass is 9.78. The molecular formula is C16H22BN3O5. The van der Waals surface area contributed by atoms with E-state index in [2.05, 4.69) is 10.6 Å². The Hall–Kier alpha value is -2.23. The summed E-state index contributed by atoms with van der Waals surface area (Å²) in [4.78, 5) is 33.9. The number of aldehydes is 1. The minimum Gasteiger partial charge on any atom is -0.423 e. The van der Waals surface area contributed by atoms with Gasteiger partial charge in [-0.3, -0.25) is 9.59 Å². The Morgan fingerprint density at radius 2 is 2.16 bits per heavy atom. The van der Waals surface area contributed by atoms with Crippen LogP contribution in [0.3, 0.4) is 0 Å². The molecule has 1 aliphatic rings. The summed E-state index contributed by atoms with van der Waals surface area (Å²) in [7, 11) is -1.04. The molecule has 0 radical (unpaired) electrons. The van der Waals surface area contributed by atoms with Gasteiger partial charge in [-0.25, -0.2) is 0 Å². The van der Waals surface area contributed by atoms with E-state index in [1.54, 1.807) is 18.2 Å². The van der Waals surface area contributed by atoms with Crippen LogP contribution in [-0.2, 0) is 24.6 Å². The highest BCUT2D eigenvalue weighted by atomic mass is 16.5. The molecule has 0 fully saturated rings. The van der Waals surface area contributed by atoms with Crippen LogP contribution in [0.15, 0.2) is 18.2 Å². The topological polar surface area (TPSA) is 131 Å². The number of carbonyl (C=O) groups excluding carboxylic acids is 3. The van der Waals surface area contributed by atoms with Crippen molar-refractivity contribution in [3.05, 3.63) is 23.8 Å². The maximum Gasteiger partial charge on any atom is 0.492 e. The summed E-state index contributed by atoms with van der Waals surface area (Å²) in [5, 5.41) is 15.0. The minimum absolute atomic E-state index is 0.191.